The number of benzene rings is 2. The van der Waals surface area contributed by atoms with Gasteiger partial charge in [-0.3, -0.25) is 4.79 Å². The van der Waals surface area contributed by atoms with Gasteiger partial charge in [-0.25, -0.2) is 5.43 Å². The first-order valence-electron chi connectivity index (χ1n) is 6.06. The van der Waals surface area contributed by atoms with Gasteiger partial charge in [0.05, 0.1) is 18.9 Å². The molecule has 0 saturated carbocycles. The number of nitrogens with zero attached hydrogens (tertiary/aromatic N) is 1. The summed E-state index contributed by atoms with van der Waals surface area (Å²) in [6.07, 6.45) is 1.47. The van der Waals surface area contributed by atoms with Crippen molar-refractivity contribution in [1.29, 1.82) is 0 Å². The number of phenols is 1. The Bertz CT molecular complexity index is 669. The summed E-state index contributed by atoms with van der Waals surface area (Å²) in [7, 11) is 1.47. The van der Waals surface area contributed by atoms with Crippen LogP contribution in [0.25, 0.3) is 0 Å². The Labute approximate surface area is 126 Å². The minimum atomic E-state index is -0.427. The smallest absolute Gasteiger partial charge is 0.275 e. The molecule has 0 saturated heterocycles. The van der Waals surface area contributed by atoms with Gasteiger partial charge in [-0.1, -0.05) is 11.6 Å². The molecule has 0 aromatic heterocycles. The molecular weight excluding hydrogens is 292 g/mol. The molecule has 0 aliphatic carbocycles. The van der Waals surface area contributed by atoms with Crippen LogP contribution in [0.5, 0.6) is 11.5 Å². The average molecular weight is 305 g/mol. The number of hydrogen-bond acceptors (Lipinski definition) is 4. The standard InChI is InChI=1S/C15H13ClN2O3/c1-21-14-7-4-11(16)8-13(14)15(20)18-17-9-10-2-5-12(19)6-3-10/h2-9,19H,1H3,(H,18,20)/b17-9+. The maximum atomic E-state index is 12.0. The van der Waals surface area contributed by atoms with Gasteiger partial charge in [-0.2, -0.15) is 5.10 Å². The van der Waals surface area contributed by atoms with Crippen LogP contribution in [0.2, 0.25) is 5.02 Å². The van der Waals surface area contributed by atoms with E-state index in [-0.39, 0.29) is 5.75 Å². The van der Waals surface area contributed by atoms with Crippen molar-refractivity contribution in [1.82, 2.24) is 5.43 Å². The van der Waals surface area contributed by atoms with Crippen molar-refractivity contribution in [3.63, 3.8) is 0 Å². The largest absolute Gasteiger partial charge is 0.508 e. The second kappa shape index (κ2) is 6.76. The first kappa shape index (κ1) is 14.9. The highest BCUT2D eigenvalue weighted by molar-refractivity contribution is 6.31. The maximum Gasteiger partial charge on any atom is 0.275 e. The number of nitrogens with one attached hydrogen (secondary N) is 1. The molecule has 0 unspecified atom stereocenters. The number of ether oxygens (including phenoxy) is 1. The Hall–Kier alpha value is -2.53. The number of amides is 1. The van der Waals surface area contributed by atoms with Gasteiger partial charge < -0.3 is 9.84 Å². The number of hydrazone groups is 1. The van der Waals surface area contributed by atoms with Gasteiger partial charge in [0.15, 0.2) is 0 Å². The molecule has 6 heteroatoms. The first-order chi connectivity index (χ1) is 10.1. The summed E-state index contributed by atoms with van der Waals surface area (Å²) in [6, 6.07) is 11.2. The predicted molar refractivity (Wildman–Crippen MR) is 81.2 cm³/mol. The maximum absolute atomic E-state index is 12.0. The van der Waals surface area contributed by atoms with Crippen LogP contribution in [0, 0.1) is 0 Å². The monoisotopic (exact) mass is 304 g/mol. The summed E-state index contributed by atoms with van der Waals surface area (Å²) in [5.41, 5.74) is 3.43. The molecule has 1 amide bonds. The third-order valence-electron chi connectivity index (χ3n) is 2.68. The van der Waals surface area contributed by atoms with Crippen LogP contribution in [0.3, 0.4) is 0 Å². The van der Waals surface area contributed by atoms with Crippen molar-refractivity contribution in [3.8, 4) is 11.5 Å². The Kier molecular flexibility index (Phi) is 4.79. The van der Waals surface area contributed by atoms with E-state index in [0.29, 0.717) is 16.3 Å². The van der Waals surface area contributed by atoms with E-state index in [0.717, 1.165) is 5.56 Å². The van der Waals surface area contributed by atoms with E-state index in [9.17, 15) is 4.79 Å². The van der Waals surface area contributed by atoms with Gasteiger partial charge in [0, 0.05) is 5.02 Å². The van der Waals surface area contributed by atoms with Crippen LogP contribution in [0.1, 0.15) is 15.9 Å². The molecule has 0 aliphatic rings. The Morgan fingerprint density at radius 2 is 2.00 bits per heavy atom. The minimum Gasteiger partial charge on any atom is -0.508 e. The van der Waals surface area contributed by atoms with Crippen LogP contribution in [0.15, 0.2) is 47.6 Å². The van der Waals surface area contributed by atoms with E-state index < -0.39 is 5.91 Å². The highest BCUT2D eigenvalue weighted by atomic mass is 35.5. The third-order valence-corrected chi connectivity index (χ3v) is 2.91. The fourth-order valence-corrected chi connectivity index (χ4v) is 1.82. The zero-order valence-electron chi connectivity index (χ0n) is 11.2. The number of carbonyl (C=O) groups excluding carboxylic acids is 1. The van der Waals surface area contributed by atoms with Gasteiger partial charge in [-0.05, 0) is 48.0 Å². The first-order valence-corrected chi connectivity index (χ1v) is 6.44. The number of methoxy groups -OCH3 is 1. The normalized spacial score (nSPS) is 10.6. The van der Waals surface area contributed by atoms with Crippen LogP contribution in [-0.2, 0) is 0 Å². The van der Waals surface area contributed by atoms with E-state index in [1.165, 1.54) is 31.5 Å². The van der Waals surface area contributed by atoms with E-state index in [1.807, 2.05) is 0 Å². The van der Waals surface area contributed by atoms with Crippen molar-refractivity contribution in [2.24, 2.45) is 5.10 Å². The SMILES string of the molecule is COc1ccc(Cl)cc1C(=O)N/N=C/c1ccc(O)cc1. The van der Waals surface area contributed by atoms with Crippen molar-refractivity contribution >= 4 is 23.7 Å². The average Bonchev–Trinajstić information content (AvgIpc) is 2.49. The summed E-state index contributed by atoms with van der Waals surface area (Å²) in [5, 5.41) is 13.4. The quantitative estimate of drug-likeness (QED) is 0.674. The fourth-order valence-electron chi connectivity index (χ4n) is 1.64. The van der Waals surface area contributed by atoms with E-state index in [1.54, 1.807) is 24.3 Å². The van der Waals surface area contributed by atoms with Crippen LogP contribution < -0.4 is 10.2 Å². The second-order valence-electron chi connectivity index (χ2n) is 4.14. The summed E-state index contributed by atoms with van der Waals surface area (Å²) < 4.78 is 5.10. The number of halogens is 1. The lowest BCUT2D eigenvalue weighted by atomic mass is 10.2. The number of carbonyl (C=O) groups is 1. The number of rotatable bonds is 4. The molecule has 0 fully saturated rings. The molecule has 2 rings (SSSR count). The Balaban J connectivity index is 2.08. The van der Waals surface area contributed by atoms with Crippen molar-refractivity contribution in [2.75, 3.05) is 7.11 Å². The second-order valence-corrected chi connectivity index (χ2v) is 4.57. The lowest BCUT2D eigenvalue weighted by Crippen LogP contribution is -2.18. The molecule has 0 bridgehead atoms. The molecule has 0 atom stereocenters. The fraction of sp³-hybridized carbons (Fsp3) is 0.0667. The van der Waals surface area contributed by atoms with Crippen LogP contribution >= 0.6 is 11.6 Å². The van der Waals surface area contributed by atoms with Gasteiger partial charge >= 0.3 is 0 Å². The van der Waals surface area contributed by atoms with Gasteiger partial charge in [-0.15, -0.1) is 0 Å². The number of hydrogen-bond donors (Lipinski definition) is 2. The molecule has 0 radical (unpaired) electrons. The third kappa shape index (κ3) is 3.97. The molecule has 0 spiro atoms. The topological polar surface area (TPSA) is 70.9 Å². The molecule has 0 aliphatic heterocycles. The number of phenolic OH excluding ortho intramolecular Hbond substituents is 1. The summed E-state index contributed by atoms with van der Waals surface area (Å²) in [5.74, 6) is 0.154. The van der Waals surface area contributed by atoms with Crippen LogP contribution in [0.4, 0.5) is 0 Å². The zero-order valence-corrected chi connectivity index (χ0v) is 12.0. The summed E-state index contributed by atoms with van der Waals surface area (Å²) in [4.78, 5) is 12.0. The Morgan fingerprint density at radius 1 is 1.29 bits per heavy atom. The molecule has 2 aromatic rings. The molecule has 0 heterocycles. The number of aromatic hydroxyl groups is 1. The van der Waals surface area contributed by atoms with E-state index in [4.69, 9.17) is 21.4 Å². The van der Waals surface area contributed by atoms with Crippen molar-refractivity contribution < 1.29 is 14.6 Å². The van der Waals surface area contributed by atoms with E-state index in [2.05, 4.69) is 10.5 Å². The highest BCUT2D eigenvalue weighted by Crippen LogP contribution is 2.22. The van der Waals surface area contributed by atoms with E-state index >= 15 is 0 Å². The molecule has 21 heavy (non-hydrogen) atoms. The molecule has 2 N–H and O–H groups in total. The van der Waals surface area contributed by atoms with Gasteiger partial charge in [0.25, 0.3) is 5.91 Å². The lowest BCUT2D eigenvalue weighted by Gasteiger charge is -2.07. The molecular formula is C15H13ClN2O3. The minimum absolute atomic E-state index is 0.167. The zero-order chi connectivity index (χ0) is 15.2. The lowest BCUT2D eigenvalue weighted by molar-refractivity contribution is 0.0952. The highest BCUT2D eigenvalue weighted by Gasteiger charge is 2.11. The predicted octanol–water partition coefficient (Wildman–Crippen LogP) is 2.82. The van der Waals surface area contributed by atoms with Gasteiger partial charge in [0.2, 0.25) is 0 Å². The molecule has 2 aromatic carbocycles. The van der Waals surface area contributed by atoms with Crippen LogP contribution in [-0.4, -0.2) is 24.3 Å². The van der Waals surface area contributed by atoms with Crippen molar-refractivity contribution in [2.45, 2.75) is 0 Å². The van der Waals surface area contributed by atoms with Gasteiger partial charge in [0.1, 0.15) is 11.5 Å². The van der Waals surface area contributed by atoms with Crippen molar-refractivity contribution in [3.05, 3.63) is 58.6 Å². The molecule has 108 valence electrons. The Morgan fingerprint density at radius 3 is 2.67 bits per heavy atom. The summed E-state index contributed by atoms with van der Waals surface area (Å²) in [6.45, 7) is 0. The summed E-state index contributed by atoms with van der Waals surface area (Å²) >= 11 is 5.86. The molecule has 5 nitrogen and oxygen atoms in total.